The first kappa shape index (κ1) is 8.54. The number of hydrogen-bond donors (Lipinski definition) is 1. The Bertz CT molecular complexity index is 294. The van der Waals surface area contributed by atoms with Crippen molar-refractivity contribution in [2.24, 2.45) is 5.92 Å². The Balaban J connectivity index is 2.14. The van der Waals surface area contributed by atoms with Crippen molar-refractivity contribution in [1.29, 1.82) is 0 Å². The second-order valence-electron chi connectivity index (χ2n) is 3.76. The molecule has 1 aliphatic carbocycles. The molecule has 0 heterocycles. The Kier molecular flexibility index (Phi) is 2.21. The highest BCUT2D eigenvalue weighted by Gasteiger charge is 2.28. The fourth-order valence-electron chi connectivity index (χ4n) is 1.74. The smallest absolute Gasteiger partial charge is 0.128 e. The summed E-state index contributed by atoms with van der Waals surface area (Å²) < 4.78 is 13.7. The van der Waals surface area contributed by atoms with Crippen molar-refractivity contribution in [3.63, 3.8) is 0 Å². The lowest BCUT2D eigenvalue weighted by atomic mass is 9.79. The van der Waals surface area contributed by atoms with Crippen molar-refractivity contribution in [3.05, 3.63) is 29.8 Å². The zero-order valence-corrected chi connectivity index (χ0v) is 7.54. The summed E-state index contributed by atoms with van der Waals surface area (Å²) in [4.78, 5) is 0. The number of alkyl halides is 1. The molecule has 1 aromatic rings. The molecule has 1 nitrogen and oxygen atoms in total. The highest BCUT2D eigenvalue weighted by Crippen LogP contribution is 2.40. The second-order valence-corrected chi connectivity index (χ2v) is 3.76. The van der Waals surface area contributed by atoms with Gasteiger partial charge in [-0.2, -0.15) is 0 Å². The van der Waals surface area contributed by atoms with Gasteiger partial charge >= 0.3 is 0 Å². The number of benzene rings is 1. The van der Waals surface area contributed by atoms with Crippen LogP contribution in [0.25, 0.3) is 0 Å². The van der Waals surface area contributed by atoms with Crippen molar-refractivity contribution in [1.82, 2.24) is 0 Å². The third kappa shape index (κ3) is 1.67. The summed E-state index contributed by atoms with van der Waals surface area (Å²) in [5.41, 5.74) is 6.98. The molecule has 0 aromatic heterocycles. The summed E-state index contributed by atoms with van der Waals surface area (Å²) in [5.74, 6) is 0.238. The summed E-state index contributed by atoms with van der Waals surface area (Å²) in [7, 11) is 0. The topological polar surface area (TPSA) is 26.0 Å². The van der Waals surface area contributed by atoms with Gasteiger partial charge in [0.05, 0.1) is 0 Å². The van der Waals surface area contributed by atoms with Gasteiger partial charge in [0.25, 0.3) is 0 Å². The normalized spacial score (nSPS) is 19.5. The predicted molar refractivity (Wildman–Crippen MR) is 52.0 cm³/mol. The van der Waals surface area contributed by atoms with Gasteiger partial charge in [0, 0.05) is 5.69 Å². The van der Waals surface area contributed by atoms with E-state index in [1.165, 1.54) is 6.42 Å². The Morgan fingerprint density at radius 3 is 2.69 bits per heavy atom. The van der Waals surface area contributed by atoms with Crippen molar-refractivity contribution >= 4 is 5.69 Å². The summed E-state index contributed by atoms with van der Waals surface area (Å²) in [5, 5.41) is 0. The van der Waals surface area contributed by atoms with Gasteiger partial charge in [0.15, 0.2) is 0 Å². The van der Waals surface area contributed by atoms with Gasteiger partial charge in [0.2, 0.25) is 0 Å². The van der Waals surface area contributed by atoms with E-state index in [2.05, 4.69) is 0 Å². The van der Waals surface area contributed by atoms with E-state index in [-0.39, 0.29) is 5.92 Å². The molecule has 2 heteroatoms. The van der Waals surface area contributed by atoms with Crippen LogP contribution in [-0.4, -0.2) is 0 Å². The van der Waals surface area contributed by atoms with E-state index in [9.17, 15) is 4.39 Å². The number of nitrogen functional groups attached to an aromatic ring is 1. The van der Waals surface area contributed by atoms with E-state index < -0.39 is 6.17 Å². The van der Waals surface area contributed by atoms with Gasteiger partial charge in [0.1, 0.15) is 6.17 Å². The minimum absolute atomic E-state index is 0.238. The molecule has 0 amide bonds. The summed E-state index contributed by atoms with van der Waals surface area (Å²) in [6.45, 7) is 0. The highest BCUT2D eigenvalue weighted by molar-refractivity contribution is 5.41. The van der Waals surface area contributed by atoms with Crippen molar-refractivity contribution in [2.75, 3.05) is 5.73 Å². The number of nitrogens with two attached hydrogens (primary N) is 1. The van der Waals surface area contributed by atoms with Gasteiger partial charge in [-0.05, 0) is 36.5 Å². The summed E-state index contributed by atoms with van der Waals surface area (Å²) in [6.07, 6.45) is 2.41. The molecular formula is C11H14FN. The molecule has 1 fully saturated rings. The lowest BCUT2D eigenvalue weighted by molar-refractivity contribution is 0.150. The molecule has 2 N–H and O–H groups in total. The molecule has 1 saturated carbocycles. The molecule has 1 unspecified atom stereocenters. The third-order valence-electron chi connectivity index (χ3n) is 2.79. The van der Waals surface area contributed by atoms with E-state index >= 15 is 0 Å². The minimum Gasteiger partial charge on any atom is -0.399 e. The SMILES string of the molecule is Nc1cccc(C(F)C2CCC2)c1. The predicted octanol–water partition coefficient (Wildman–Crippen LogP) is 3.08. The second kappa shape index (κ2) is 3.36. The molecule has 1 atom stereocenters. The number of hydrogen-bond acceptors (Lipinski definition) is 1. The van der Waals surface area contributed by atoms with E-state index in [0.717, 1.165) is 18.4 Å². The Hall–Kier alpha value is -1.05. The molecule has 0 spiro atoms. The Labute approximate surface area is 77.8 Å². The third-order valence-corrected chi connectivity index (χ3v) is 2.79. The molecule has 1 aliphatic rings. The maximum Gasteiger partial charge on any atom is 0.128 e. The molecule has 0 bridgehead atoms. The van der Waals surface area contributed by atoms with E-state index in [1.54, 1.807) is 12.1 Å². The molecule has 0 saturated heterocycles. The van der Waals surface area contributed by atoms with Crippen LogP contribution < -0.4 is 5.73 Å². The molecule has 0 aliphatic heterocycles. The van der Waals surface area contributed by atoms with Crippen LogP contribution in [0.2, 0.25) is 0 Å². The quantitative estimate of drug-likeness (QED) is 0.694. The molecule has 1 aromatic carbocycles. The lowest BCUT2D eigenvalue weighted by Crippen LogP contribution is -2.17. The minimum atomic E-state index is -0.808. The van der Waals surface area contributed by atoms with Crippen LogP contribution in [0.1, 0.15) is 31.0 Å². The zero-order valence-electron chi connectivity index (χ0n) is 7.54. The lowest BCUT2D eigenvalue weighted by Gasteiger charge is -2.28. The Morgan fingerprint density at radius 2 is 2.15 bits per heavy atom. The Morgan fingerprint density at radius 1 is 1.38 bits per heavy atom. The first-order valence-electron chi connectivity index (χ1n) is 4.77. The van der Waals surface area contributed by atoms with Crippen LogP contribution in [0, 0.1) is 5.92 Å². The number of anilines is 1. The van der Waals surface area contributed by atoms with Crippen LogP contribution >= 0.6 is 0 Å². The molecular weight excluding hydrogens is 165 g/mol. The first-order chi connectivity index (χ1) is 6.27. The molecule has 0 radical (unpaired) electrons. The van der Waals surface area contributed by atoms with Crippen LogP contribution in [0.15, 0.2) is 24.3 Å². The molecule has 70 valence electrons. The van der Waals surface area contributed by atoms with Crippen molar-refractivity contribution in [2.45, 2.75) is 25.4 Å². The standard InChI is InChI=1S/C11H14FN/c12-11(8-3-1-4-8)9-5-2-6-10(13)7-9/h2,5-8,11H,1,3-4,13H2. The van der Waals surface area contributed by atoms with Crippen LogP contribution in [0.3, 0.4) is 0 Å². The van der Waals surface area contributed by atoms with Crippen LogP contribution in [-0.2, 0) is 0 Å². The number of rotatable bonds is 2. The monoisotopic (exact) mass is 179 g/mol. The van der Waals surface area contributed by atoms with Gasteiger partial charge in [-0.3, -0.25) is 0 Å². The van der Waals surface area contributed by atoms with Crippen molar-refractivity contribution < 1.29 is 4.39 Å². The largest absolute Gasteiger partial charge is 0.399 e. The fraction of sp³-hybridized carbons (Fsp3) is 0.455. The van der Waals surface area contributed by atoms with Crippen molar-refractivity contribution in [3.8, 4) is 0 Å². The van der Waals surface area contributed by atoms with E-state index in [1.807, 2.05) is 12.1 Å². The van der Waals surface area contributed by atoms with Crippen LogP contribution in [0.5, 0.6) is 0 Å². The van der Waals surface area contributed by atoms with Gasteiger partial charge in [-0.25, -0.2) is 4.39 Å². The molecule has 13 heavy (non-hydrogen) atoms. The maximum absolute atomic E-state index is 13.7. The van der Waals surface area contributed by atoms with E-state index in [4.69, 9.17) is 5.73 Å². The number of halogens is 1. The zero-order chi connectivity index (χ0) is 9.26. The van der Waals surface area contributed by atoms with E-state index in [0.29, 0.717) is 5.69 Å². The van der Waals surface area contributed by atoms with Gasteiger partial charge in [-0.1, -0.05) is 18.6 Å². The summed E-state index contributed by atoms with van der Waals surface area (Å²) >= 11 is 0. The average Bonchev–Trinajstić information content (AvgIpc) is 2.01. The highest BCUT2D eigenvalue weighted by atomic mass is 19.1. The molecule has 2 rings (SSSR count). The van der Waals surface area contributed by atoms with Crippen LogP contribution in [0.4, 0.5) is 10.1 Å². The summed E-state index contributed by atoms with van der Waals surface area (Å²) in [6, 6.07) is 7.16. The fourth-order valence-corrected chi connectivity index (χ4v) is 1.74. The van der Waals surface area contributed by atoms with Gasteiger partial charge < -0.3 is 5.73 Å². The van der Waals surface area contributed by atoms with Gasteiger partial charge in [-0.15, -0.1) is 0 Å². The first-order valence-corrected chi connectivity index (χ1v) is 4.77. The average molecular weight is 179 g/mol. The maximum atomic E-state index is 13.7.